The van der Waals surface area contributed by atoms with Crippen LogP contribution in [0.1, 0.15) is 39.5 Å². The summed E-state index contributed by atoms with van der Waals surface area (Å²) >= 11 is 0. The molecule has 0 radical (unpaired) electrons. The third-order valence-corrected chi connectivity index (χ3v) is 4.07. The van der Waals surface area contributed by atoms with Crippen LogP contribution in [0.4, 0.5) is 0 Å². The van der Waals surface area contributed by atoms with Gasteiger partial charge in [-0.1, -0.05) is 6.07 Å². The van der Waals surface area contributed by atoms with Gasteiger partial charge in [0.1, 0.15) is 0 Å². The molecule has 0 N–H and O–H groups in total. The smallest absolute Gasteiger partial charge is 0.203 e. The van der Waals surface area contributed by atoms with Crippen LogP contribution in [0.5, 0.6) is 11.5 Å². The van der Waals surface area contributed by atoms with E-state index >= 15 is 0 Å². The van der Waals surface area contributed by atoms with E-state index in [0.717, 1.165) is 16.7 Å². The molecule has 0 saturated heterocycles. The maximum Gasteiger partial charge on any atom is 0.203 e. The van der Waals surface area contributed by atoms with Crippen LogP contribution in [-0.2, 0) is 0 Å². The number of carbonyl (C=O) groups is 1. The predicted molar refractivity (Wildman–Crippen MR) is 92.8 cm³/mol. The quantitative estimate of drug-likeness (QED) is 0.776. The molecule has 0 heterocycles. The molecule has 0 bridgehead atoms. The van der Waals surface area contributed by atoms with E-state index in [0.29, 0.717) is 22.6 Å². The fourth-order valence-corrected chi connectivity index (χ4v) is 2.52. The van der Waals surface area contributed by atoms with Crippen molar-refractivity contribution in [3.63, 3.8) is 0 Å². The van der Waals surface area contributed by atoms with Gasteiger partial charge in [0.2, 0.25) is 5.78 Å². The average Bonchev–Trinajstić information content (AvgIpc) is 2.57. The first-order valence-corrected chi connectivity index (χ1v) is 7.74. The number of nitrogens with zero attached hydrogens (tertiary/aromatic N) is 1. The van der Waals surface area contributed by atoms with Gasteiger partial charge in [0.05, 0.1) is 18.7 Å². The minimum atomic E-state index is -0.660. The molecule has 4 nitrogen and oxygen atoms in total. The van der Waals surface area contributed by atoms with E-state index in [4.69, 9.17) is 14.7 Å². The summed E-state index contributed by atoms with van der Waals surface area (Å²) in [6.07, 6.45) is -0.660. The molecule has 2 aromatic rings. The minimum Gasteiger partial charge on any atom is -0.493 e. The van der Waals surface area contributed by atoms with E-state index in [1.165, 1.54) is 7.11 Å². The molecule has 0 aliphatic heterocycles. The summed E-state index contributed by atoms with van der Waals surface area (Å²) < 4.78 is 11.0. The monoisotopic (exact) mass is 323 g/mol. The average molecular weight is 323 g/mol. The lowest BCUT2D eigenvalue weighted by molar-refractivity contribution is 0.0813. The van der Waals surface area contributed by atoms with Crippen LogP contribution in [0.25, 0.3) is 0 Å². The van der Waals surface area contributed by atoms with Crippen molar-refractivity contribution in [2.45, 2.75) is 33.8 Å². The van der Waals surface area contributed by atoms with Gasteiger partial charge >= 0.3 is 0 Å². The summed E-state index contributed by atoms with van der Waals surface area (Å²) in [6, 6.07) is 10.8. The lowest BCUT2D eigenvalue weighted by atomic mass is 9.96. The highest BCUT2D eigenvalue weighted by Gasteiger charge is 2.21. The van der Waals surface area contributed by atoms with E-state index in [1.807, 2.05) is 39.0 Å². The van der Waals surface area contributed by atoms with Crippen LogP contribution in [0.15, 0.2) is 30.3 Å². The molecule has 0 aliphatic carbocycles. The van der Waals surface area contributed by atoms with Crippen LogP contribution in [0.2, 0.25) is 0 Å². The van der Waals surface area contributed by atoms with Gasteiger partial charge in [-0.3, -0.25) is 4.79 Å². The van der Waals surface area contributed by atoms with E-state index in [-0.39, 0.29) is 5.78 Å². The van der Waals surface area contributed by atoms with Crippen molar-refractivity contribution in [1.29, 1.82) is 5.26 Å². The van der Waals surface area contributed by atoms with Gasteiger partial charge in [-0.05, 0) is 62.6 Å². The molecule has 0 amide bonds. The van der Waals surface area contributed by atoms with Crippen LogP contribution in [0.3, 0.4) is 0 Å². The number of aryl methyl sites for hydroxylation is 3. The van der Waals surface area contributed by atoms with Gasteiger partial charge in [0.15, 0.2) is 17.6 Å². The fraction of sp³-hybridized carbons (Fsp3) is 0.300. The summed E-state index contributed by atoms with van der Waals surface area (Å²) in [7, 11) is 1.50. The Morgan fingerprint density at radius 2 is 1.71 bits per heavy atom. The van der Waals surface area contributed by atoms with Crippen molar-refractivity contribution in [2.24, 2.45) is 0 Å². The van der Waals surface area contributed by atoms with Crippen molar-refractivity contribution in [1.82, 2.24) is 0 Å². The van der Waals surface area contributed by atoms with Crippen molar-refractivity contribution in [3.05, 3.63) is 58.1 Å². The number of hydrogen-bond acceptors (Lipinski definition) is 4. The Morgan fingerprint density at radius 1 is 1.04 bits per heavy atom. The molecule has 0 unspecified atom stereocenters. The number of nitriles is 1. The molecule has 2 aromatic carbocycles. The molecule has 24 heavy (non-hydrogen) atoms. The van der Waals surface area contributed by atoms with Crippen molar-refractivity contribution in [2.75, 3.05) is 7.11 Å². The summed E-state index contributed by atoms with van der Waals surface area (Å²) in [5, 5.41) is 8.95. The largest absolute Gasteiger partial charge is 0.493 e. The van der Waals surface area contributed by atoms with Crippen LogP contribution in [0, 0.1) is 32.1 Å². The maximum absolute atomic E-state index is 12.7. The summed E-state index contributed by atoms with van der Waals surface area (Å²) in [5.74, 6) is 0.798. The molecule has 0 saturated carbocycles. The Balaban J connectivity index is 2.27. The van der Waals surface area contributed by atoms with E-state index in [9.17, 15) is 4.79 Å². The molecule has 0 aromatic heterocycles. The maximum atomic E-state index is 12.7. The minimum absolute atomic E-state index is 0.0815. The first-order valence-electron chi connectivity index (χ1n) is 7.74. The third kappa shape index (κ3) is 3.57. The van der Waals surface area contributed by atoms with Crippen LogP contribution < -0.4 is 9.47 Å². The summed E-state index contributed by atoms with van der Waals surface area (Å²) in [4.78, 5) is 12.7. The highest BCUT2D eigenvalue weighted by molar-refractivity contribution is 6.01. The Hall–Kier alpha value is -2.80. The number of rotatable bonds is 5. The molecular formula is C20H21NO3. The molecule has 0 aliphatic rings. The van der Waals surface area contributed by atoms with Crippen LogP contribution >= 0.6 is 0 Å². The summed E-state index contributed by atoms with van der Waals surface area (Å²) in [6.45, 7) is 7.65. The molecule has 124 valence electrons. The van der Waals surface area contributed by atoms with E-state index < -0.39 is 6.10 Å². The topological polar surface area (TPSA) is 59.3 Å². The van der Waals surface area contributed by atoms with Gasteiger partial charge in [0, 0.05) is 11.6 Å². The van der Waals surface area contributed by atoms with Gasteiger partial charge in [0.25, 0.3) is 0 Å². The van der Waals surface area contributed by atoms with Crippen molar-refractivity contribution >= 4 is 5.78 Å². The van der Waals surface area contributed by atoms with Gasteiger partial charge in [-0.15, -0.1) is 0 Å². The molecule has 4 heteroatoms. The second kappa shape index (κ2) is 7.18. The number of benzene rings is 2. The normalized spacial score (nSPS) is 11.5. The fourth-order valence-electron chi connectivity index (χ4n) is 2.52. The second-order valence-corrected chi connectivity index (χ2v) is 5.85. The van der Waals surface area contributed by atoms with Gasteiger partial charge in [-0.25, -0.2) is 0 Å². The zero-order valence-electron chi connectivity index (χ0n) is 14.6. The van der Waals surface area contributed by atoms with E-state index in [2.05, 4.69) is 0 Å². The number of carbonyl (C=O) groups excluding carboxylic acids is 1. The first kappa shape index (κ1) is 17.6. The highest BCUT2D eigenvalue weighted by Crippen LogP contribution is 2.29. The van der Waals surface area contributed by atoms with Gasteiger partial charge < -0.3 is 9.47 Å². The standard InChI is InChI=1S/C20H21NO3/c1-12-8-14(3)17(9-13(12)2)20(22)15(4)24-18-7-6-16(11-21)10-19(18)23-5/h6-10,15H,1-5H3/t15-/m0/s1. The number of ether oxygens (including phenoxy) is 2. The van der Waals surface area contributed by atoms with Crippen molar-refractivity contribution in [3.8, 4) is 17.6 Å². The zero-order valence-corrected chi connectivity index (χ0v) is 14.6. The number of ketones is 1. The van der Waals surface area contributed by atoms with Gasteiger partial charge in [-0.2, -0.15) is 5.26 Å². The molecule has 0 fully saturated rings. The number of Topliss-reactive ketones (excluding diaryl/α,β-unsaturated/α-hetero) is 1. The SMILES string of the molecule is COc1cc(C#N)ccc1O[C@@H](C)C(=O)c1cc(C)c(C)cc1C. The Labute approximate surface area is 142 Å². The molecular weight excluding hydrogens is 302 g/mol. The highest BCUT2D eigenvalue weighted by atomic mass is 16.5. The first-order chi connectivity index (χ1) is 11.4. The third-order valence-electron chi connectivity index (χ3n) is 4.07. The zero-order chi connectivity index (χ0) is 17.9. The Morgan fingerprint density at radius 3 is 2.33 bits per heavy atom. The van der Waals surface area contributed by atoms with Crippen LogP contribution in [-0.4, -0.2) is 19.0 Å². The molecule has 2 rings (SSSR count). The Kier molecular flexibility index (Phi) is 5.25. The summed E-state index contributed by atoms with van der Waals surface area (Å²) in [5.41, 5.74) is 4.31. The number of hydrogen-bond donors (Lipinski definition) is 0. The lowest BCUT2D eigenvalue weighted by Crippen LogP contribution is -2.25. The van der Waals surface area contributed by atoms with Crippen molar-refractivity contribution < 1.29 is 14.3 Å². The lowest BCUT2D eigenvalue weighted by Gasteiger charge is -2.18. The predicted octanol–water partition coefficient (Wildman–Crippen LogP) is 4.14. The van der Waals surface area contributed by atoms with E-state index in [1.54, 1.807) is 25.1 Å². The Bertz CT molecular complexity index is 818. The molecule has 1 atom stereocenters. The second-order valence-electron chi connectivity index (χ2n) is 5.85. The number of methoxy groups -OCH3 is 1. The molecule has 0 spiro atoms.